The number of rotatable bonds is 6. The molecule has 2 N–H and O–H groups in total. The Morgan fingerprint density at radius 1 is 1.28 bits per heavy atom. The first kappa shape index (κ1) is 15.1. The van der Waals surface area contributed by atoms with E-state index in [1.54, 1.807) is 6.07 Å². The maximum absolute atomic E-state index is 13.1. The van der Waals surface area contributed by atoms with Gasteiger partial charge in [-0.25, -0.2) is 8.78 Å². The van der Waals surface area contributed by atoms with Crippen molar-refractivity contribution < 1.29 is 13.5 Å². The molecule has 0 radical (unpaired) electrons. The first-order valence-corrected chi connectivity index (χ1v) is 6.26. The second kappa shape index (κ2) is 6.25. The van der Waals surface area contributed by atoms with E-state index < -0.39 is 17.2 Å². The highest BCUT2D eigenvalue weighted by atomic mass is 19.2. The molecule has 102 valence electrons. The molecule has 1 aromatic carbocycles. The molecule has 0 spiro atoms. The van der Waals surface area contributed by atoms with Gasteiger partial charge in [0.15, 0.2) is 11.6 Å². The van der Waals surface area contributed by atoms with Crippen LogP contribution in [0.15, 0.2) is 18.2 Å². The average Bonchev–Trinajstić information content (AvgIpc) is 2.34. The number of ether oxygens (including phenoxy) is 1. The largest absolute Gasteiger partial charge is 0.374 e. The van der Waals surface area contributed by atoms with Crippen molar-refractivity contribution in [1.82, 2.24) is 0 Å². The fourth-order valence-corrected chi connectivity index (χ4v) is 1.94. The number of hydrogen-bond acceptors (Lipinski definition) is 2. The highest BCUT2D eigenvalue weighted by Crippen LogP contribution is 2.22. The molecule has 2 unspecified atom stereocenters. The van der Waals surface area contributed by atoms with Gasteiger partial charge in [0, 0.05) is 12.6 Å². The minimum absolute atomic E-state index is 0.257. The van der Waals surface area contributed by atoms with Crippen molar-refractivity contribution in [2.24, 2.45) is 5.73 Å². The molecule has 0 aliphatic carbocycles. The summed E-state index contributed by atoms with van der Waals surface area (Å²) >= 11 is 0. The highest BCUT2D eigenvalue weighted by Gasteiger charge is 2.30. The zero-order valence-electron chi connectivity index (χ0n) is 11.2. The second-order valence-corrected chi connectivity index (χ2v) is 4.66. The molecule has 2 atom stereocenters. The summed E-state index contributed by atoms with van der Waals surface area (Å²) in [6, 6.07) is 3.62. The van der Waals surface area contributed by atoms with Crippen molar-refractivity contribution in [2.45, 2.75) is 45.3 Å². The molecule has 0 saturated carbocycles. The van der Waals surface area contributed by atoms with Crippen LogP contribution in [0.25, 0.3) is 0 Å². The van der Waals surface area contributed by atoms with Gasteiger partial charge in [0.25, 0.3) is 0 Å². The Hall–Kier alpha value is -1.00. The van der Waals surface area contributed by atoms with Gasteiger partial charge in [-0.2, -0.15) is 0 Å². The summed E-state index contributed by atoms with van der Waals surface area (Å²) in [4.78, 5) is 0. The molecule has 0 fully saturated rings. The van der Waals surface area contributed by atoms with Gasteiger partial charge in [0.2, 0.25) is 0 Å². The van der Waals surface area contributed by atoms with Crippen LogP contribution in [-0.4, -0.2) is 18.2 Å². The van der Waals surface area contributed by atoms with Crippen LogP contribution in [0, 0.1) is 11.6 Å². The van der Waals surface area contributed by atoms with E-state index in [-0.39, 0.29) is 6.04 Å². The summed E-state index contributed by atoms with van der Waals surface area (Å²) in [5.41, 5.74) is 6.36. The molecule has 1 rings (SSSR count). The van der Waals surface area contributed by atoms with Crippen LogP contribution in [0.2, 0.25) is 0 Å². The molecule has 18 heavy (non-hydrogen) atoms. The van der Waals surface area contributed by atoms with E-state index in [1.807, 2.05) is 20.8 Å². The van der Waals surface area contributed by atoms with E-state index in [1.165, 1.54) is 6.07 Å². The molecular formula is C14H21F2NO. The van der Waals surface area contributed by atoms with Gasteiger partial charge >= 0.3 is 0 Å². The zero-order chi connectivity index (χ0) is 13.8. The molecule has 0 bridgehead atoms. The summed E-state index contributed by atoms with van der Waals surface area (Å²) in [7, 11) is 0. The fourth-order valence-electron chi connectivity index (χ4n) is 1.94. The molecule has 1 aromatic rings. The Kier molecular flexibility index (Phi) is 5.23. The standard InChI is InChI=1S/C14H21F2NO/c1-4-14(3,18-5-2)13(17)9-10-6-7-11(15)12(16)8-10/h6-8,13H,4-5,9,17H2,1-3H3. The molecule has 0 aliphatic heterocycles. The number of halogens is 2. The van der Waals surface area contributed by atoms with Crippen LogP contribution in [0.1, 0.15) is 32.8 Å². The molecule has 0 amide bonds. The van der Waals surface area contributed by atoms with Crippen molar-refractivity contribution in [3.63, 3.8) is 0 Å². The van der Waals surface area contributed by atoms with E-state index in [0.717, 1.165) is 12.5 Å². The van der Waals surface area contributed by atoms with E-state index in [4.69, 9.17) is 10.5 Å². The number of hydrogen-bond donors (Lipinski definition) is 1. The Morgan fingerprint density at radius 3 is 2.44 bits per heavy atom. The molecule has 0 heterocycles. The minimum Gasteiger partial charge on any atom is -0.374 e. The number of benzene rings is 1. The maximum atomic E-state index is 13.1. The van der Waals surface area contributed by atoms with Crippen LogP contribution in [0.3, 0.4) is 0 Å². The Balaban J connectivity index is 2.79. The molecule has 0 saturated heterocycles. The highest BCUT2D eigenvalue weighted by molar-refractivity contribution is 5.19. The monoisotopic (exact) mass is 257 g/mol. The van der Waals surface area contributed by atoms with Gasteiger partial charge < -0.3 is 10.5 Å². The Labute approximate surface area is 107 Å². The Morgan fingerprint density at radius 2 is 1.94 bits per heavy atom. The summed E-state index contributed by atoms with van der Waals surface area (Å²) in [6.45, 7) is 6.44. The lowest BCUT2D eigenvalue weighted by Gasteiger charge is -2.34. The second-order valence-electron chi connectivity index (χ2n) is 4.66. The smallest absolute Gasteiger partial charge is 0.159 e. The van der Waals surface area contributed by atoms with E-state index in [9.17, 15) is 8.78 Å². The summed E-state index contributed by atoms with van der Waals surface area (Å²) in [5.74, 6) is -1.68. The maximum Gasteiger partial charge on any atom is 0.159 e. The van der Waals surface area contributed by atoms with Gasteiger partial charge in [-0.3, -0.25) is 0 Å². The molecule has 4 heteroatoms. The first-order chi connectivity index (χ1) is 8.42. The Bertz CT molecular complexity index is 397. The summed E-state index contributed by atoms with van der Waals surface area (Å²) < 4.78 is 31.6. The summed E-state index contributed by atoms with van der Waals surface area (Å²) in [6.07, 6.45) is 1.23. The zero-order valence-corrected chi connectivity index (χ0v) is 11.2. The predicted octanol–water partition coefficient (Wildman–Crippen LogP) is 3.04. The van der Waals surface area contributed by atoms with Gasteiger partial charge in [-0.1, -0.05) is 13.0 Å². The van der Waals surface area contributed by atoms with E-state index in [0.29, 0.717) is 18.6 Å². The molecular weight excluding hydrogens is 236 g/mol. The SMILES string of the molecule is CCOC(C)(CC)C(N)Cc1ccc(F)c(F)c1. The van der Waals surface area contributed by atoms with Crippen molar-refractivity contribution >= 4 is 0 Å². The van der Waals surface area contributed by atoms with E-state index >= 15 is 0 Å². The predicted molar refractivity (Wildman–Crippen MR) is 68.4 cm³/mol. The normalized spacial score (nSPS) is 16.3. The lowest BCUT2D eigenvalue weighted by Crippen LogP contribution is -2.48. The van der Waals surface area contributed by atoms with Crippen LogP contribution in [0.4, 0.5) is 8.78 Å². The lowest BCUT2D eigenvalue weighted by atomic mass is 9.89. The van der Waals surface area contributed by atoms with Gasteiger partial charge in [-0.15, -0.1) is 0 Å². The molecule has 0 aromatic heterocycles. The topological polar surface area (TPSA) is 35.2 Å². The quantitative estimate of drug-likeness (QED) is 0.850. The van der Waals surface area contributed by atoms with Crippen LogP contribution in [0.5, 0.6) is 0 Å². The van der Waals surface area contributed by atoms with Gasteiger partial charge in [0.05, 0.1) is 5.60 Å². The third-order valence-corrected chi connectivity index (χ3v) is 3.40. The van der Waals surface area contributed by atoms with Crippen LogP contribution >= 0.6 is 0 Å². The third-order valence-electron chi connectivity index (χ3n) is 3.40. The fraction of sp³-hybridized carbons (Fsp3) is 0.571. The van der Waals surface area contributed by atoms with Crippen LogP contribution < -0.4 is 5.73 Å². The summed E-state index contributed by atoms with van der Waals surface area (Å²) in [5, 5.41) is 0. The number of nitrogens with two attached hydrogens (primary N) is 1. The third kappa shape index (κ3) is 3.50. The van der Waals surface area contributed by atoms with Crippen molar-refractivity contribution in [3.8, 4) is 0 Å². The first-order valence-electron chi connectivity index (χ1n) is 6.26. The van der Waals surface area contributed by atoms with Crippen molar-refractivity contribution in [2.75, 3.05) is 6.61 Å². The van der Waals surface area contributed by atoms with Gasteiger partial charge in [0.1, 0.15) is 0 Å². The van der Waals surface area contributed by atoms with E-state index in [2.05, 4.69) is 0 Å². The molecule has 2 nitrogen and oxygen atoms in total. The van der Waals surface area contributed by atoms with Crippen LogP contribution in [-0.2, 0) is 11.2 Å². The van der Waals surface area contributed by atoms with Crippen molar-refractivity contribution in [3.05, 3.63) is 35.4 Å². The lowest BCUT2D eigenvalue weighted by molar-refractivity contribution is -0.0461. The minimum atomic E-state index is -0.839. The average molecular weight is 257 g/mol. The van der Waals surface area contributed by atoms with Crippen molar-refractivity contribution in [1.29, 1.82) is 0 Å². The van der Waals surface area contributed by atoms with Gasteiger partial charge in [-0.05, 0) is 44.4 Å². The molecule has 0 aliphatic rings.